The van der Waals surface area contributed by atoms with Crippen LogP contribution >= 0.6 is 23.1 Å². The fourth-order valence-corrected chi connectivity index (χ4v) is 4.31. The first-order valence-corrected chi connectivity index (χ1v) is 8.69. The zero-order valence-corrected chi connectivity index (χ0v) is 13.4. The van der Waals surface area contributed by atoms with E-state index >= 15 is 0 Å². The molecule has 110 valence electrons. The molecule has 0 saturated heterocycles. The van der Waals surface area contributed by atoms with Crippen molar-refractivity contribution in [3.63, 3.8) is 0 Å². The van der Waals surface area contributed by atoms with Gasteiger partial charge in [-0.15, -0.1) is 23.1 Å². The van der Waals surface area contributed by atoms with Gasteiger partial charge in [0.05, 0.1) is 5.25 Å². The Bertz CT molecular complexity index is 636. The topological polar surface area (TPSA) is 40.5 Å². The molecule has 1 amide bonds. The molecule has 1 atom stereocenters. The minimum atomic E-state index is -0.116. The lowest BCUT2D eigenvalue weighted by molar-refractivity contribution is -0.131. The summed E-state index contributed by atoms with van der Waals surface area (Å²) in [5.41, 5.74) is 1.29. The Kier molecular flexibility index (Phi) is 4.22. The van der Waals surface area contributed by atoms with Crippen molar-refractivity contribution in [2.75, 3.05) is 6.54 Å². The van der Waals surface area contributed by atoms with E-state index in [2.05, 4.69) is 11.4 Å². The molecule has 0 saturated carbocycles. The molecule has 0 bridgehead atoms. The van der Waals surface area contributed by atoms with Gasteiger partial charge in [0.1, 0.15) is 5.75 Å². The molecule has 1 aromatic heterocycles. The van der Waals surface area contributed by atoms with Crippen LogP contribution in [0.25, 0.3) is 0 Å². The van der Waals surface area contributed by atoms with Gasteiger partial charge in [-0.1, -0.05) is 0 Å². The van der Waals surface area contributed by atoms with Crippen molar-refractivity contribution in [1.82, 2.24) is 4.90 Å². The van der Waals surface area contributed by atoms with Crippen LogP contribution in [0.4, 0.5) is 0 Å². The SMILES string of the molecule is CC(Sc1ccc(O)cc1)C(=O)N1CCc2sccc2C1. The number of aromatic hydroxyl groups is 1. The van der Waals surface area contributed by atoms with Crippen LogP contribution in [0.5, 0.6) is 5.75 Å². The van der Waals surface area contributed by atoms with E-state index in [9.17, 15) is 9.90 Å². The van der Waals surface area contributed by atoms with E-state index in [0.29, 0.717) is 0 Å². The molecule has 5 heteroatoms. The summed E-state index contributed by atoms with van der Waals surface area (Å²) >= 11 is 3.32. The van der Waals surface area contributed by atoms with Crippen molar-refractivity contribution < 1.29 is 9.90 Å². The van der Waals surface area contributed by atoms with Gasteiger partial charge in [0.25, 0.3) is 0 Å². The first-order valence-electron chi connectivity index (χ1n) is 6.93. The van der Waals surface area contributed by atoms with Crippen molar-refractivity contribution in [2.45, 2.75) is 30.0 Å². The highest BCUT2D eigenvalue weighted by molar-refractivity contribution is 8.00. The van der Waals surface area contributed by atoms with E-state index in [1.54, 1.807) is 23.5 Å². The highest BCUT2D eigenvalue weighted by atomic mass is 32.2. The lowest BCUT2D eigenvalue weighted by Crippen LogP contribution is -2.39. The second kappa shape index (κ2) is 6.12. The van der Waals surface area contributed by atoms with E-state index in [-0.39, 0.29) is 16.9 Å². The molecule has 1 aliphatic rings. The highest BCUT2D eigenvalue weighted by Crippen LogP contribution is 2.29. The van der Waals surface area contributed by atoms with Crippen molar-refractivity contribution in [1.29, 1.82) is 0 Å². The van der Waals surface area contributed by atoms with E-state index in [1.165, 1.54) is 22.2 Å². The summed E-state index contributed by atoms with van der Waals surface area (Å²) in [5.74, 6) is 0.435. The van der Waals surface area contributed by atoms with Gasteiger partial charge in [0.15, 0.2) is 0 Å². The second-order valence-electron chi connectivity index (χ2n) is 5.13. The van der Waals surface area contributed by atoms with Crippen molar-refractivity contribution >= 4 is 29.0 Å². The lowest BCUT2D eigenvalue weighted by Gasteiger charge is -2.29. The Morgan fingerprint density at radius 1 is 1.33 bits per heavy atom. The summed E-state index contributed by atoms with van der Waals surface area (Å²) < 4.78 is 0. The summed E-state index contributed by atoms with van der Waals surface area (Å²) in [7, 11) is 0. The van der Waals surface area contributed by atoms with Crippen LogP contribution in [-0.4, -0.2) is 27.7 Å². The predicted octanol–water partition coefficient (Wildman–Crippen LogP) is 3.52. The van der Waals surface area contributed by atoms with E-state index in [4.69, 9.17) is 0 Å². The number of fused-ring (bicyclic) bond motifs is 1. The molecule has 1 N–H and O–H groups in total. The van der Waals surface area contributed by atoms with Crippen molar-refractivity contribution in [3.8, 4) is 5.75 Å². The number of phenolic OH excluding ortho intramolecular Hbond substituents is 1. The van der Waals surface area contributed by atoms with Crippen LogP contribution in [0.3, 0.4) is 0 Å². The maximum absolute atomic E-state index is 12.6. The Morgan fingerprint density at radius 2 is 2.10 bits per heavy atom. The normalized spacial score (nSPS) is 15.6. The van der Waals surface area contributed by atoms with Crippen LogP contribution in [0.15, 0.2) is 40.6 Å². The van der Waals surface area contributed by atoms with Crippen LogP contribution in [0.1, 0.15) is 17.4 Å². The molecule has 3 nitrogen and oxygen atoms in total. The number of phenols is 1. The smallest absolute Gasteiger partial charge is 0.236 e. The molecule has 3 rings (SSSR count). The molecule has 0 aliphatic carbocycles. The number of benzene rings is 1. The molecule has 1 unspecified atom stereocenters. The monoisotopic (exact) mass is 319 g/mol. The standard InChI is InChI=1S/C16H17NO2S2/c1-11(21-14-4-2-13(18)3-5-14)16(19)17-8-6-15-12(10-17)7-9-20-15/h2-5,7,9,11,18H,6,8,10H2,1H3. The average Bonchev–Trinajstić information content (AvgIpc) is 2.96. The third-order valence-corrected chi connectivity index (χ3v) is 5.74. The van der Waals surface area contributed by atoms with Gasteiger partial charge in [-0.2, -0.15) is 0 Å². The van der Waals surface area contributed by atoms with Gasteiger partial charge in [-0.05, 0) is 54.6 Å². The number of carbonyl (C=O) groups is 1. The first kappa shape index (κ1) is 14.5. The maximum Gasteiger partial charge on any atom is 0.236 e. The zero-order valence-electron chi connectivity index (χ0n) is 11.8. The molecule has 2 heterocycles. The summed E-state index contributed by atoms with van der Waals surface area (Å²) in [4.78, 5) is 16.9. The van der Waals surface area contributed by atoms with Gasteiger partial charge in [0, 0.05) is 22.9 Å². The van der Waals surface area contributed by atoms with E-state index in [0.717, 1.165) is 24.4 Å². The second-order valence-corrected chi connectivity index (χ2v) is 7.55. The van der Waals surface area contributed by atoms with Crippen LogP contribution < -0.4 is 0 Å². The summed E-state index contributed by atoms with van der Waals surface area (Å²) in [6.07, 6.45) is 0.968. The zero-order chi connectivity index (χ0) is 14.8. The molecule has 2 aromatic rings. The third-order valence-electron chi connectivity index (χ3n) is 3.62. The molecule has 1 aliphatic heterocycles. The first-order chi connectivity index (χ1) is 10.1. The van der Waals surface area contributed by atoms with Gasteiger partial charge < -0.3 is 10.0 Å². The third kappa shape index (κ3) is 3.24. The van der Waals surface area contributed by atoms with Crippen molar-refractivity contribution in [2.24, 2.45) is 0 Å². The maximum atomic E-state index is 12.6. The molecule has 0 spiro atoms. The summed E-state index contributed by atoms with van der Waals surface area (Å²) in [6.45, 7) is 3.49. The Morgan fingerprint density at radius 3 is 2.86 bits per heavy atom. The molecule has 21 heavy (non-hydrogen) atoms. The number of thiophene rings is 1. The molecule has 0 radical (unpaired) electrons. The Hall–Kier alpha value is -1.46. The van der Waals surface area contributed by atoms with Gasteiger partial charge in [-0.25, -0.2) is 0 Å². The minimum Gasteiger partial charge on any atom is -0.508 e. The largest absolute Gasteiger partial charge is 0.508 e. The average molecular weight is 319 g/mol. The quantitative estimate of drug-likeness (QED) is 0.880. The van der Waals surface area contributed by atoms with E-state index < -0.39 is 0 Å². The minimum absolute atomic E-state index is 0.116. The predicted molar refractivity (Wildman–Crippen MR) is 86.9 cm³/mol. The van der Waals surface area contributed by atoms with E-state index in [1.807, 2.05) is 24.0 Å². The van der Waals surface area contributed by atoms with Gasteiger partial charge >= 0.3 is 0 Å². The van der Waals surface area contributed by atoms with Crippen molar-refractivity contribution in [3.05, 3.63) is 46.2 Å². The molecule has 1 aromatic carbocycles. The number of hydrogen-bond donors (Lipinski definition) is 1. The fraction of sp³-hybridized carbons (Fsp3) is 0.312. The Labute approximate surface area is 132 Å². The highest BCUT2D eigenvalue weighted by Gasteiger charge is 2.25. The van der Waals surface area contributed by atoms with Gasteiger partial charge in [0.2, 0.25) is 5.91 Å². The number of nitrogens with zero attached hydrogens (tertiary/aromatic N) is 1. The van der Waals surface area contributed by atoms with Crippen LogP contribution in [0, 0.1) is 0 Å². The number of carbonyl (C=O) groups excluding carboxylic acids is 1. The van der Waals surface area contributed by atoms with Crippen LogP contribution in [0.2, 0.25) is 0 Å². The number of hydrogen-bond acceptors (Lipinski definition) is 4. The van der Waals surface area contributed by atoms with Gasteiger partial charge in [-0.3, -0.25) is 4.79 Å². The number of amides is 1. The molecular weight excluding hydrogens is 302 g/mol. The Balaban J connectivity index is 1.64. The fourth-order valence-electron chi connectivity index (χ4n) is 2.47. The summed E-state index contributed by atoms with van der Waals surface area (Å²) in [5, 5.41) is 11.3. The molecule has 0 fully saturated rings. The number of rotatable bonds is 3. The van der Waals surface area contributed by atoms with Crippen LogP contribution in [-0.2, 0) is 17.8 Å². The number of thioether (sulfide) groups is 1. The molecular formula is C16H17NO2S2. The lowest BCUT2D eigenvalue weighted by atomic mass is 10.1. The summed E-state index contributed by atoms with van der Waals surface area (Å²) in [6, 6.07) is 9.11.